The summed E-state index contributed by atoms with van der Waals surface area (Å²) in [5.41, 5.74) is 2.94. The van der Waals surface area contributed by atoms with Gasteiger partial charge in [-0.2, -0.15) is 0 Å². The van der Waals surface area contributed by atoms with E-state index in [-0.39, 0.29) is 12.4 Å². The molecule has 1 aromatic rings. The van der Waals surface area contributed by atoms with E-state index in [2.05, 4.69) is 11.5 Å². The molecule has 0 spiro atoms. The van der Waals surface area contributed by atoms with Crippen molar-refractivity contribution in [3.8, 4) is 0 Å². The third-order valence-electron chi connectivity index (χ3n) is 2.87. The molecule has 0 amide bonds. The third-order valence-corrected chi connectivity index (χ3v) is 2.87. The van der Waals surface area contributed by atoms with Gasteiger partial charge in [-0.3, -0.25) is 4.79 Å². The summed E-state index contributed by atoms with van der Waals surface area (Å²) in [4.78, 5) is 11.9. The van der Waals surface area contributed by atoms with Gasteiger partial charge < -0.3 is 9.30 Å². The van der Waals surface area contributed by atoms with Crippen molar-refractivity contribution in [3.05, 3.63) is 35.2 Å². The van der Waals surface area contributed by atoms with E-state index in [1.807, 2.05) is 39.0 Å². The van der Waals surface area contributed by atoms with Crippen LogP contribution in [0.15, 0.2) is 18.2 Å². The molecule has 0 atom stereocenters. The highest BCUT2D eigenvalue weighted by Gasteiger charge is 2.14. The van der Waals surface area contributed by atoms with Gasteiger partial charge in [-0.25, -0.2) is 0 Å². The van der Waals surface area contributed by atoms with Crippen LogP contribution in [0.1, 0.15) is 35.6 Å². The Labute approximate surface area is 103 Å². The number of hydrogen-bond acceptors (Lipinski definition) is 2. The highest BCUT2D eigenvalue weighted by Crippen LogP contribution is 2.15. The number of ketones is 1. The van der Waals surface area contributed by atoms with Gasteiger partial charge in [0.1, 0.15) is 6.61 Å². The van der Waals surface area contributed by atoms with Gasteiger partial charge in [0.05, 0.1) is 6.61 Å². The lowest BCUT2D eigenvalue weighted by Crippen LogP contribution is -2.10. The Morgan fingerprint density at radius 1 is 1.47 bits per heavy atom. The van der Waals surface area contributed by atoms with Gasteiger partial charge in [0, 0.05) is 23.5 Å². The Hall–Kier alpha value is -1.35. The number of ether oxygens (including phenoxy) is 1. The second-order valence-electron chi connectivity index (χ2n) is 4.04. The number of aryl methyl sites for hydroxylation is 1. The Balaban J connectivity index is 2.69. The minimum absolute atomic E-state index is 0.0577. The topological polar surface area (TPSA) is 31.2 Å². The lowest BCUT2D eigenvalue weighted by molar-refractivity contribution is 0.0805. The molecule has 0 aliphatic carbocycles. The quantitative estimate of drug-likeness (QED) is 0.431. The van der Waals surface area contributed by atoms with Gasteiger partial charge in [0.15, 0.2) is 5.78 Å². The number of hydrogen-bond donors (Lipinski definition) is 0. The van der Waals surface area contributed by atoms with Crippen molar-refractivity contribution in [1.82, 2.24) is 4.57 Å². The van der Waals surface area contributed by atoms with Crippen LogP contribution >= 0.6 is 0 Å². The van der Waals surface area contributed by atoms with Gasteiger partial charge in [0.25, 0.3) is 0 Å². The maximum atomic E-state index is 11.9. The number of carbonyl (C=O) groups is 1. The summed E-state index contributed by atoms with van der Waals surface area (Å²) < 4.78 is 7.42. The number of Topliss-reactive ketones (excluding diaryl/α,β-unsaturated/α-hetero) is 1. The maximum absolute atomic E-state index is 11.9. The zero-order valence-electron chi connectivity index (χ0n) is 11.1. The van der Waals surface area contributed by atoms with E-state index < -0.39 is 0 Å². The maximum Gasteiger partial charge on any atom is 0.190 e. The molecule has 1 heterocycles. The van der Waals surface area contributed by atoms with E-state index in [1.54, 1.807) is 0 Å². The summed E-state index contributed by atoms with van der Waals surface area (Å²) in [5.74, 6) is 0.0577. The third kappa shape index (κ3) is 3.30. The van der Waals surface area contributed by atoms with Crippen LogP contribution in [0.25, 0.3) is 0 Å². The molecule has 0 bridgehead atoms. The number of allylic oxidation sites excluding steroid dienone is 1. The van der Waals surface area contributed by atoms with Crippen LogP contribution in [-0.4, -0.2) is 23.6 Å². The summed E-state index contributed by atoms with van der Waals surface area (Å²) in [6, 6.07) is 1.94. The fourth-order valence-electron chi connectivity index (χ4n) is 1.96. The first kappa shape index (κ1) is 13.7. The Morgan fingerprint density at radius 3 is 2.71 bits per heavy atom. The molecule has 0 aliphatic rings. The smallest absolute Gasteiger partial charge is 0.190 e. The Morgan fingerprint density at radius 2 is 2.18 bits per heavy atom. The second kappa shape index (κ2) is 6.40. The largest absolute Gasteiger partial charge is 0.369 e. The van der Waals surface area contributed by atoms with Crippen LogP contribution < -0.4 is 0 Å². The monoisotopic (exact) mass is 235 g/mol. The van der Waals surface area contributed by atoms with E-state index >= 15 is 0 Å². The first-order valence-electron chi connectivity index (χ1n) is 6.00. The molecule has 1 aromatic heterocycles. The Kier molecular flexibility index (Phi) is 5.16. The molecule has 0 unspecified atom stereocenters. The minimum atomic E-state index is 0.0577. The highest BCUT2D eigenvalue weighted by atomic mass is 16.5. The molecule has 0 saturated carbocycles. The molecule has 0 aromatic carbocycles. The van der Waals surface area contributed by atoms with Gasteiger partial charge in [0.2, 0.25) is 0 Å². The standard InChI is InChI=1S/C14H21NO2/c1-5-7-8-17-10-14(16)13-9-11(3)15(6-2)12(13)4/h5,7,9H,6,8,10H2,1-4H3. The molecule has 17 heavy (non-hydrogen) atoms. The molecular weight excluding hydrogens is 214 g/mol. The molecule has 3 nitrogen and oxygen atoms in total. The average molecular weight is 235 g/mol. The van der Waals surface area contributed by atoms with Crippen LogP contribution in [0.5, 0.6) is 0 Å². The van der Waals surface area contributed by atoms with E-state index in [0.29, 0.717) is 6.61 Å². The van der Waals surface area contributed by atoms with Crippen molar-refractivity contribution in [2.75, 3.05) is 13.2 Å². The molecular formula is C14H21NO2. The predicted molar refractivity (Wildman–Crippen MR) is 69.5 cm³/mol. The van der Waals surface area contributed by atoms with Crippen molar-refractivity contribution in [2.45, 2.75) is 34.2 Å². The van der Waals surface area contributed by atoms with Crippen molar-refractivity contribution in [1.29, 1.82) is 0 Å². The van der Waals surface area contributed by atoms with Crippen LogP contribution in [0.2, 0.25) is 0 Å². The summed E-state index contributed by atoms with van der Waals surface area (Å²) in [6.45, 7) is 9.55. The zero-order chi connectivity index (χ0) is 12.8. The van der Waals surface area contributed by atoms with Crippen molar-refractivity contribution >= 4 is 5.78 Å². The predicted octanol–water partition coefficient (Wildman–Crippen LogP) is 2.90. The van der Waals surface area contributed by atoms with Crippen molar-refractivity contribution in [2.24, 2.45) is 0 Å². The number of carbonyl (C=O) groups excluding carboxylic acids is 1. The van der Waals surface area contributed by atoms with E-state index in [1.165, 1.54) is 0 Å². The molecule has 0 fully saturated rings. The molecule has 0 radical (unpaired) electrons. The minimum Gasteiger partial charge on any atom is -0.369 e. The molecule has 3 heteroatoms. The molecule has 1 rings (SSSR count). The molecule has 0 saturated heterocycles. The van der Waals surface area contributed by atoms with Crippen molar-refractivity contribution in [3.63, 3.8) is 0 Å². The summed E-state index contributed by atoms with van der Waals surface area (Å²) in [5, 5.41) is 0. The van der Waals surface area contributed by atoms with Gasteiger partial charge in [-0.1, -0.05) is 12.2 Å². The van der Waals surface area contributed by atoms with Crippen LogP contribution in [0.4, 0.5) is 0 Å². The molecule has 0 N–H and O–H groups in total. The summed E-state index contributed by atoms with van der Waals surface area (Å²) in [7, 11) is 0. The summed E-state index contributed by atoms with van der Waals surface area (Å²) >= 11 is 0. The van der Waals surface area contributed by atoms with E-state index in [0.717, 1.165) is 23.5 Å². The number of rotatable bonds is 6. The fraction of sp³-hybridized carbons (Fsp3) is 0.500. The van der Waals surface area contributed by atoms with Gasteiger partial charge in [-0.15, -0.1) is 0 Å². The lowest BCUT2D eigenvalue weighted by atomic mass is 10.1. The van der Waals surface area contributed by atoms with Crippen LogP contribution in [0.3, 0.4) is 0 Å². The van der Waals surface area contributed by atoms with E-state index in [4.69, 9.17) is 4.74 Å². The normalized spacial score (nSPS) is 11.3. The highest BCUT2D eigenvalue weighted by molar-refractivity contribution is 5.98. The molecule has 94 valence electrons. The average Bonchev–Trinajstić information content (AvgIpc) is 2.60. The molecule has 0 aliphatic heterocycles. The lowest BCUT2D eigenvalue weighted by Gasteiger charge is -2.05. The second-order valence-corrected chi connectivity index (χ2v) is 4.04. The Bertz CT molecular complexity index is 416. The van der Waals surface area contributed by atoms with Gasteiger partial charge in [-0.05, 0) is 33.8 Å². The van der Waals surface area contributed by atoms with Crippen LogP contribution in [0, 0.1) is 13.8 Å². The first-order chi connectivity index (χ1) is 8.11. The fourth-order valence-corrected chi connectivity index (χ4v) is 1.96. The number of aromatic nitrogens is 1. The van der Waals surface area contributed by atoms with Crippen molar-refractivity contribution < 1.29 is 9.53 Å². The van der Waals surface area contributed by atoms with Crippen LogP contribution in [-0.2, 0) is 11.3 Å². The SMILES string of the molecule is CC=CCOCC(=O)c1cc(C)n(CC)c1C. The number of nitrogens with zero attached hydrogens (tertiary/aromatic N) is 1. The zero-order valence-corrected chi connectivity index (χ0v) is 11.1. The first-order valence-corrected chi connectivity index (χ1v) is 6.00. The van der Waals surface area contributed by atoms with E-state index in [9.17, 15) is 4.79 Å². The summed E-state index contributed by atoms with van der Waals surface area (Å²) in [6.07, 6.45) is 3.80. The van der Waals surface area contributed by atoms with Gasteiger partial charge >= 0.3 is 0 Å².